The van der Waals surface area contributed by atoms with E-state index < -0.39 is 23.5 Å². The maximum Gasteiger partial charge on any atom is 0.514 e. The highest BCUT2D eigenvalue weighted by atomic mass is 16.7. The van der Waals surface area contributed by atoms with Crippen molar-refractivity contribution in [3.8, 4) is 11.5 Å². The van der Waals surface area contributed by atoms with Gasteiger partial charge in [0.1, 0.15) is 22.7 Å². The predicted octanol–water partition coefficient (Wildman–Crippen LogP) is 10.6. The van der Waals surface area contributed by atoms with Gasteiger partial charge in [-0.05, 0) is 126 Å². The number of amides is 2. The maximum absolute atomic E-state index is 14.9. The molecule has 0 N–H and O–H groups in total. The van der Waals surface area contributed by atoms with Crippen LogP contribution in [0.5, 0.6) is 11.5 Å². The van der Waals surface area contributed by atoms with Crippen molar-refractivity contribution in [2.75, 3.05) is 13.1 Å². The molecule has 2 heterocycles. The predicted molar refractivity (Wildman–Crippen MR) is 210 cm³/mol. The van der Waals surface area contributed by atoms with Gasteiger partial charge in [0, 0.05) is 13.1 Å². The van der Waals surface area contributed by atoms with Crippen molar-refractivity contribution in [2.24, 2.45) is 11.8 Å². The van der Waals surface area contributed by atoms with Crippen LogP contribution < -0.4 is 9.47 Å². The van der Waals surface area contributed by atoms with Crippen molar-refractivity contribution in [2.45, 2.75) is 132 Å². The first kappa shape index (κ1) is 42.1. The summed E-state index contributed by atoms with van der Waals surface area (Å²) in [5, 5.41) is 0. The minimum atomic E-state index is -0.816. The van der Waals surface area contributed by atoms with E-state index in [0.717, 1.165) is 51.4 Å². The molecule has 2 aliphatic rings. The fourth-order valence-corrected chi connectivity index (χ4v) is 6.79. The molecule has 10 heteroatoms. The van der Waals surface area contributed by atoms with Crippen LogP contribution in [0.3, 0.4) is 0 Å². The van der Waals surface area contributed by atoms with Crippen LogP contribution in [0.4, 0.5) is 9.59 Å². The van der Waals surface area contributed by atoms with Gasteiger partial charge in [-0.15, -0.1) is 0 Å². The molecule has 0 radical (unpaired) electrons. The lowest BCUT2D eigenvalue weighted by Crippen LogP contribution is -2.34. The second-order valence-corrected chi connectivity index (χ2v) is 16.3. The molecule has 4 rings (SSSR count). The normalized spacial score (nSPS) is 15.8. The number of hydrogen-bond donors (Lipinski definition) is 0. The number of unbranched alkanes of at least 4 members (excludes halogenated alkanes) is 2. The van der Waals surface area contributed by atoms with Crippen LogP contribution in [-0.2, 0) is 19.1 Å². The van der Waals surface area contributed by atoms with Gasteiger partial charge in [0.15, 0.2) is 0 Å². The molecule has 0 saturated heterocycles. The monoisotopic (exact) mass is 744 g/mol. The molecule has 2 aromatic rings. The Morgan fingerprint density at radius 1 is 0.574 bits per heavy atom. The summed E-state index contributed by atoms with van der Waals surface area (Å²) >= 11 is 0. The molecular formula is C44H60N2O8. The van der Waals surface area contributed by atoms with E-state index in [-0.39, 0.29) is 35.1 Å². The van der Waals surface area contributed by atoms with Crippen molar-refractivity contribution in [1.82, 2.24) is 9.80 Å². The molecule has 0 fully saturated rings. The van der Waals surface area contributed by atoms with Crippen LogP contribution in [0, 0.1) is 11.8 Å². The quantitative estimate of drug-likeness (QED) is 0.123. The van der Waals surface area contributed by atoms with Crippen LogP contribution in [0.1, 0.15) is 132 Å². The van der Waals surface area contributed by atoms with Crippen LogP contribution in [0.25, 0.3) is 11.4 Å². The first-order valence-electron chi connectivity index (χ1n) is 19.6. The molecule has 0 aromatic heterocycles. The zero-order valence-corrected chi connectivity index (χ0v) is 34.0. The Balaban J connectivity index is 1.85. The Morgan fingerprint density at radius 2 is 0.907 bits per heavy atom. The molecule has 0 aliphatic carbocycles. The van der Waals surface area contributed by atoms with E-state index >= 15 is 0 Å². The molecule has 2 aromatic carbocycles. The molecule has 0 bridgehead atoms. The highest BCUT2D eigenvalue weighted by Gasteiger charge is 2.49. The second-order valence-electron chi connectivity index (χ2n) is 16.3. The van der Waals surface area contributed by atoms with Gasteiger partial charge < -0.3 is 28.7 Å². The summed E-state index contributed by atoms with van der Waals surface area (Å²) in [7, 11) is 0. The zero-order chi connectivity index (χ0) is 39.8. The van der Waals surface area contributed by atoms with Crippen molar-refractivity contribution in [1.29, 1.82) is 0 Å². The average molecular weight is 745 g/mol. The Hall–Kier alpha value is -4.60. The molecule has 0 saturated carbocycles. The number of carbonyl (C=O) groups is 4. The minimum Gasteiger partial charge on any atom is -0.428 e. The Morgan fingerprint density at radius 3 is 1.19 bits per heavy atom. The third-order valence-corrected chi connectivity index (χ3v) is 9.59. The van der Waals surface area contributed by atoms with Gasteiger partial charge in [0.25, 0.3) is 11.8 Å². The van der Waals surface area contributed by atoms with Crippen molar-refractivity contribution in [3.05, 3.63) is 70.8 Å². The molecular weight excluding hydrogens is 684 g/mol. The standard InChI is InChI=1S/C44H60N2O8/c1-11-15-17-29(13-3)27-45-37(31-19-23-33(24-20-31)51-41(49)53-43(5,6)7)35-36(39(45)47)38(46(40(35)48)28-30(14-4)18-16-12-2)32-21-25-34(26-22-32)52-42(50)54-44(8,9)10/h19-26,29-30H,11-18,27-28H2,1-10H3. The maximum atomic E-state index is 14.9. The summed E-state index contributed by atoms with van der Waals surface area (Å²) < 4.78 is 21.5. The molecule has 2 atom stereocenters. The highest BCUT2D eigenvalue weighted by molar-refractivity contribution is 6.30. The lowest BCUT2D eigenvalue weighted by Gasteiger charge is -2.29. The van der Waals surface area contributed by atoms with E-state index in [0.29, 0.717) is 46.8 Å². The minimum absolute atomic E-state index is 0.217. The molecule has 2 aliphatic heterocycles. The number of benzene rings is 2. The third kappa shape index (κ3) is 10.8. The zero-order valence-electron chi connectivity index (χ0n) is 34.0. The Kier molecular flexibility index (Phi) is 14.2. The number of nitrogens with zero attached hydrogens (tertiary/aromatic N) is 2. The SMILES string of the molecule is CCCCC(CC)CN1C(=O)C2=C(c3ccc(OC(=O)OC(C)(C)C)cc3)N(CC(CC)CCCC)C(=O)C2=C1c1ccc(OC(=O)OC(C)(C)C)cc1. The summed E-state index contributed by atoms with van der Waals surface area (Å²) in [6.07, 6.45) is 6.23. The molecule has 10 nitrogen and oxygen atoms in total. The number of ether oxygens (including phenoxy) is 4. The van der Waals surface area contributed by atoms with Crippen LogP contribution in [0.15, 0.2) is 59.7 Å². The van der Waals surface area contributed by atoms with E-state index in [1.807, 2.05) is 0 Å². The Labute approximate surface area is 321 Å². The van der Waals surface area contributed by atoms with Crippen molar-refractivity contribution >= 4 is 35.5 Å². The van der Waals surface area contributed by atoms with Gasteiger partial charge in [-0.2, -0.15) is 0 Å². The number of hydrogen-bond acceptors (Lipinski definition) is 8. The fourth-order valence-electron chi connectivity index (χ4n) is 6.79. The van der Waals surface area contributed by atoms with Gasteiger partial charge in [0.05, 0.1) is 22.5 Å². The largest absolute Gasteiger partial charge is 0.514 e. The first-order chi connectivity index (χ1) is 25.5. The molecule has 2 unspecified atom stereocenters. The van der Waals surface area contributed by atoms with E-state index in [9.17, 15) is 19.2 Å². The van der Waals surface area contributed by atoms with Gasteiger partial charge >= 0.3 is 12.3 Å². The van der Waals surface area contributed by atoms with Crippen molar-refractivity contribution < 1.29 is 38.1 Å². The van der Waals surface area contributed by atoms with E-state index in [4.69, 9.17) is 18.9 Å². The van der Waals surface area contributed by atoms with Gasteiger partial charge in [0.2, 0.25) is 0 Å². The number of fused-ring (bicyclic) bond motifs is 1. The Bertz CT molecular complexity index is 1580. The van der Waals surface area contributed by atoms with Crippen LogP contribution >= 0.6 is 0 Å². The van der Waals surface area contributed by atoms with Gasteiger partial charge in [-0.25, -0.2) is 9.59 Å². The summed E-state index contributed by atoms with van der Waals surface area (Å²) in [6, 6.07) is 13.8. The molecule has 2 amide bonds. The van der Waals surface area contributed by atoms with Crippen LogP contribution in [-0.4, -0.2) is 58.2 Å². The summed E-state index contributed by atoms with van der Waals surface area (Å²) in [5.41, 5.74) is 1.79. The third-order valence-electron chi connectivity index (χ3n) is 9.59. The number of rotatable bonds is 16. The topological polar surface area (TPSA) is 112 Å². The summed E-state index contributed by atoms with van der Waals surface area (Å²) in [6.45, 7) is 20.1. The average Bonchev–Trinajstić information content (AvgIpc) is 3.53. The van der Waals surface area contributed by atoms with E-state index in [2.05, 4.69) is 27.7 Å². The van der Waals surface area contributed by atoms with E-state index in [1.165, 1.54) is 0 Å². The highest BCUT2D eigenvalue weighted by Crippen LogP contribution is 2.48. The van der Waals surface area contributed by atoms with Gasteiger partial charge in [-0.3, -0.25) is 9.59 Å². The lowest BCUT2D eigenvalue weighted by atomic mass is 9.97. The fraction of sp³-hybridized carbons (Fsp3) is 0.545. The lowest BCUT2D eigenvalue weighted by molar-refractivity contribution is -0.124. The van der Waals surface area contributed by atoms with Crippen molar-refractivity contribution in [3.63, 3.8) is 0 Å². The van der Waals surface area contributed by atoms with Crippen LogP contribution in [0.2, 0.25) is 0 Å². The summed E-state index contributed by atoms with van der Waals surface area (Å²) in [5.74, 6) is 0.605. The molecule has 294 valence electrons. The molecule has 0 spiro atoms. The molecule has 54 heavy (non-hydrogen) atoms. The van der Waals surface area contributed by atoms with Gasteiger partial charge in [-0.1, -0.05) is 66.2 Å². The second kappa shape index (κ2) is 18.2. The summed E-state index contributed by atoms with van der Waals surface area (Å²) in [4.78, 5) is 58.1. The van der Waals surface area contributed by atoms with E-state index in [1.54, 1.807) is 99.9 Å². The smallest absolute Gasteiger partial charge is 0.428 e. The first-order valence-corrected chi connectivity index (χ1v) is 19.6. The number of carbonyl (C=O) groups excluding carboxylic acids is 4.